The van der Waals surface area contributed by atoms with Gasteiger partial charge in [-0.15, -0.1) is 0 Å². The maximum atomic E-state index is 13.4. The molecule has 0 fully saturated rings. The molecule has 2 amide bonds. The molecule has 164 valence electrons. The first-order valence-corrected chi connectivity index (χ1v) is 10.5. The van der Waals surface area contributed by atoms with E-state index in [1.807, 2.05) is 26.0 Å². The lowest BCUT2D eigenvalue weighted by atomic mass is 10.0. The molecule has 2 aromatic rings. The van der Waals surface area contributed by atoms with Crippen molar-refractivity contribution in [2.75, 3.05) is 31.7 Å². The first-order valence-electron chi connectivity index (χ1n) is 10.5. The Morgan fingerprint density at radius 2 is 1.77 bits per heavy atom. The Morgan fingerprint density at radius 1 is 1.00 bits per heavy atom. The number of ether oxygens (including phenoxy) is 2. The number of amides is 2. The third-order valence-corrected chi connectivity index (χ3v) is 4.75. The Balaban J connectivity index is 1.90. The topological polar surface area (TPSA) is 67.9 Å². The van der Waals surface area contributed by atoms with Gasteiger partial charge in [-0.25, -0.2) is 4.39 Å². The van der Waals surface area contributed by atoms with Crippen molar-refractivity contribution in [3.05, 3.63) is 65.6 Å². The van der Waals surface area contributed by atoms with Crippen molar-refractivity contribution in [3.8, 4) is 5.75 Å². The number of rotatable bonds is 11. The van der Waals surface area contributed by atoms with E-state index < -0.39 is 17.6 Å². The summed E-state index contributed by atoms with van der Waals surface area (Å²) in [4.78, 5) is 27.5. The van der Waals surface area contributed by atoms with Gasteiger partial charge in [-0.05, 0) is 49.6 Å². The largest absolute Gasteiger partial charge is 0.494 e. The van der Waals surface area contributed by atoms with Crippen LogP contribution in [-0.4, -0.2) is 43.1 Å². The molecule has 0 saturated carbocycles. The summed E-state index contributed by atoms with van der Waals surface area (Å²) >= 11 is 0. The molecule has 1 N–H and O–H groups in total. The second kappa shape index (κ2) is 10.7. The highest BCUT2D eigenvalue weighted by Crippen LogP contribution is 2.31. The second-order valence-electron chi connectivity index (χ2n) is 7.07. The molecule has 1 aliphatic heterocycles. The maximum absolute atomic E-state index is 13.4. The SMILES string of the molecule is CCCOc1cccc(NC2=C(c3ccc(F)cc3)C(=O)N(CCCOCC)C2=O)c1. The molecule has 3 rings (SSSR count). The third kappa shape index (κ3) is 5.49. The highest BCUT2D eigenvalue weighted by atomic mass is 19.1. The second-order valence-corrected chi connectivity index (χ2v) is 7.07. The average Bonchev–Trinajstić information content (AvgIpc) is 3.00. The van der Waals surface area contributed by atoms with Crippen molar-refractivity contribution in [2.24, 2.45) is 0 Å². The lowest BCUT2D eigenvalue weighted by Gasteiger charge is -2.15. The van der Waals surface area contributed by atoms with Crippen molar-refractivity contribution in [3.63, 3.8) is 0 Å². The molecule has 0 unspecified atom stereocenters. The fraction of sp³-hybridized carbons (Fsp3) is 0.333. The smallest absolute Gasteiger partial charge is 0.278 e. The molecule has 1 heterocycles. The Morgan fingerprint density at radius 3 is 2.48 bits per heavy atom. The summed E-state index contributed by atoms with van der Waals surface area (Å²) in [6.45, 7) is 5.76. The maximum Gasteiger partial charge on any atom is 0.278 e. The van der Waals surface area contributed by atoms with E-state index in [0.717, 1.165) is 6.42 Å². The van der Waals surface area contributed by atoms with Gasteiger partial charge in [0.1, 0.15) is 17.3 Å². The van der Waals surface area contributed by atoms with Crippen molar-refractivity contribution in [1.29, 1.82) is 0 Å². The normalized spacial score (nSPS) is 13.8. The van der Waals surface area contributed by atoms with Gasteiger partial charge in [0, 0.05) is 31.5 Å². The number of nitrogens with one attached hydrogen (secondary N) is 1. The number of hydrogen-bond acceptors (Lipinski definition) is 5. The van der Waals surface area contributed by atoms with Crippen LogP contribution < -0.4 is 10.1 Å². The van der Waals surface area contributed by atoms with Crippen molar-refractivity contribution in [2.45, 2.75) is 26.7 Å². The van der Waals surface area contributed by atoms with Crippen LogP contribution in [0.1, 0.15) is 32.3 Å². The van der Waals surface area contributed by atoms with E-state index in [1.54, 1.807) is 12.1 Å². The molecule has 6 nitrogen and oxygen atoms in total. The predicted octanol–water partition coefficient (Wildman–Crippen LogP) is 4.23. The molecule has 0 aliphatic carbocycles. The number of benzene rings is 2. The highest BCUT2D eigenvalue weighted by Gasteiger charge is 2.38. The van der Waals surface area contributed by atoms with E-state index in [1.165, 1.54) is 29.2 Å². The molecule has 0 aromatic heterocycles. The zero-order valence-corrected chi connectivity index (χ0v) is 17.8. The lowest BCUT2D eigenvalue weighted by molar-refractivity contribution is -0.137. The first kappa shape index (κ1) is 22.5. The summed E-state index contributed by atoms with van der Waals surface area (Å²) in [6.07, 6.45) is 1.41. The van der Waals surface area contributed by atoms with Crippen LogP contribution in [-0.2, 0) is 14.3 Å². The molecule has 0 saturated heterocycles. The number of anilines is 1. The number of nitrogens with zero attached hydrogens (tertiary/aromatic N) is 1. The van der Waals surface area contributed by atoms with E-state index in [9.17, 15) is 14.0 Å². The predicted molar refractivity (Wildman–Crippen MR) is 117 cm³/mol. The molecular weight excluding hydrogens is 399 g/mol. The quantitative estimate of drug-likeness (QED) is 0.430. The van der Waals surface area contributed by atoms with Crippen molar-refractivity contribution in [1.82, 2.24) is 4.90 Å². The third-order valence-electron chi connectivity index (χ3n) is 4.75. The molecule has 7 heteroatoms. The molecule has 1 aliphatic rings. The zero-order chi connectivity index (χ0) is 22.2. The minimum absolute atomic E-state index is 0.167. The Bertz CT molecular complexity index is 956. The van der Waals surface area contributed by atoms with Crippen molar-refractivity contribution >= 4 is 23.1 Å². The number of halogens is 1. The summed E-state index contributed by atoms with van der Waals surface area (Å²) < 4.78 is 24.4. The summed E-state index contributed by atoms with van der Waals surface area (Å²) in [6, 6.07) is 12.8. The van der Waals surface area contributed by atoms with Crippen LogP contribution in [0.4, 0.5) is 10.1 Å². The Hall–Kier alpha value is -3.19. The van der Waals surface area contributed by atoms with Crippen LogP contribution in [0, 0.1) is 5.82 Å². The average molecular weight is 426 g/mol. The molecule has 0 radical (unpaired) electrons. The minimum atomic E-state index is -0.416. The fourth-order valence-electron chi connectivity index (χ4n) is 3.28. The van der Waals surface area contributed by atoms with Crippen LogP contribution in [0.2, 0.25) is 0 Å². The zero-order valence-electron chi connectivity index (χ0n) is 17.8. The lowest BCUT2D eigenvalue weighted by Crippen LogP contribution is -2.34. The summed E-state index contributed by atoms with van der Waals surface area (Å²) in [7, 11) is 0. The van der Waals surface area contributed by atoms with E-state index in [2.05, 4.69) is 5.32 Å². The van der Waals surface area contributed by atoms with E-state index >= 15 is 0 Å². The fourth-order valence-corrected chi connectivity index (χ4v) is 3.28. The van der Waals surface area contributed by atoms with Gasteiger partial charge in [0.15, 0.2) is 0 Å². The van der Waals surface area contributed by atoms with Crippen LogP contribution in [0.25, 0.3) is 5.57 Å². The van der Waals surface area contributed by atoms with Crippen LogP contribution in [0.15, 0.2) is 54.2 Å². The van der Waals surface area contributed by atoms with Gasteiger partial charge in [-0.1, -0.05) is 25.1 Å². The molecule has 0 spiro atoms. The Kier molecular flexibility index (Phi) is 7.78. The monoisotopic (exact) mass is 426 g/mol. The molecular formula is C24H27FN2O4. The number of hydrogen-bond donors (Lipinski definition) is 1. The number of imide groups is 1. The van der Waals surface area contributed by atoms with Gasteiger partial charge in [0.2, 0.25) is 0 Å². The van der Waals surface area contributed by atoms with Gasteiger partial charge in [0.05, 0.1) is 12.2 Å². The summed E-state index contributed by atoms with van der Waals surface area (Å²) in [5, 5.41) is 3.10. The van der Waals surface area contributed by atoms with E-state index in [-0.39, 0.29) is 17.8 Å². The highest BCUT2D eigenvalue weighted by molar-refractivity contribution is 6.36. The molecule has 31 heavy (non-hydrogen) atoms. The molecule has 0 bridgehead atoms. The first-order chi connectivity index (χ1) is 15.0. The standard InChI is InChI=1S/C24H27FN2O4/c1-3-14-31-20-8-5-7-19(16-20)26-22-21(17-9-11-18(25)12-10-17)23(28)27(24(22)29)13-6-15-30-4-2/h5,7-12,16,26H,3-4,6,13-15H2,1-2H3. The van der Waals surface area contributed by atoms with Gasteiger partial charge in [-0.3, -0.25) is 14.5 Å². The molecule has 2 aromatic carbocycles. The number of carbonyl (C=O) groups excluding carboxylic acids is 2. The summed E-state index contributed by atoms with van der Waals surface area (Å²) in [5.41, 5.74) is 1.50. The van der Waals surface area contributed by atoms with E-state index in [4.69, 9.17) is 9.47 Å². The Labute approximate surface area is 181 Å². The summed E-state index contributed by atoms with van der Waals surface area (Å²) in [5.74, 6) is -0.569. The van der Waals surface area contributed by atoms with E-state index in [0.29, 0.717) is 43.2 Å². The number of carbonyl (C=O) groups is 2. The van der Waals surface area contributed by atoms with Crippen LogP contribution in [0.3, 0.4) is 0 Å². The van der Waals surface area contributed by atoms with Gasteiger partial charge >= 0.3 is 0 Å². The van der Waals surface area contributed by atoms with Crippen molar-refractivity contribution < 1.29 is 23.5 Å². The van der Waals surface area contributed by atoms with Crippen LogP contribution in [0.5, 0.6) is 5.75 Å². The van der Waals surface area contributed by atoms with Gasteiger partial charge < -0.3 is 14.8 Å². The molecule has 0 atom stereocenters. The minimum Gasteiger partial charge on any atom is -0.494 e. The van der Waals surface area contributed by atoms with Gasteiger partial charge in [0.25, 0.3) is 11.8 Å². The van der Waals surface area contributed by atoms with Crippen LogP contribution >= 0.6 is 0 Å². The van der Waals surface area contributed by atoms with Gasteiger partial charge in [-0.2, -0.15) is 0 Å².